The number of carbonyl (C=O) groups is 1. The average molecular weight is 268 g/mol. The second-order valence-corrected chi connectivity index (χ2v) is 4.64. The molecule has 1 amide bonds. The summed E-state index contributed by atoms with van der Waals surface area (Å²) < 4.78 is 37.2. The van der Waals surface area contributed by atoms with Crippen LogP contribution in [-0.4, -0.2) is 36.1 Å². The van der Waals surface area contributed by atoms with Crippen molar-refractivity contribution >= 4 is 5.91 Å². The zero-order valence-electron chi connectivity index (χ0n) is 11.3. The van der Waals surface area contributed by atoms with Gasteiger partial charge in [0.15, 0.2) is 0 Å². The van der Waals surface area contributed by atoms with E-state index in [4.69, 9.17) is 5.73 Å². The molecular formula is C12H23F3N2O. The molecular weight excluding hydrogens is 245 g/mol. The number of nitrogens with zero attached hydrogens (tertiary/aromatic N) is 1. The van der Waals surface area contributed by atoms with Gasteiger partial charge < -0.3 is 10.6 Å². The molecule has 0 radical (unpaired) electrons. The minimum Gasteiger partial charge on any atom is -0.332 e. The number of unbranched alkanes of at least 4 members (excludes halogenated alkanes) is 1. The van der Waals surface area contributed by atoms with Crippen molar-refractivity contribution in [3.8, 4) is 0 Å². The Morgan fingerprint density at radius 2 is 1.89 bits per heavy atom. The highest BCUT2D eigenvalue weighted by atomic mass is 19.4. The molecule has 2 atom stereocenters. The van der Waals surface area contributed by atoms with Gasteiger partial charge in [0.25, 0.3) is 0 Å². The Kier molecular flexibility index (Phi) is 7.28. The highest BCUT2D eigenvalue weighted by molar-refractivity contribution is 5.82. The van der Waals surface area contributed by atoms with E-state index in [1.807, 2.05) is 13.8 Å². The van der Waals surface area contributed by atoms with Crippen LogP contribution in [0.15, 0.2) is 0 Å². The second-order valence-electron chi connectivity index (χ2n) is 4.64. The van der Waals surface area contributed by atoms with Crippen LogP contribution in [0.1, 0.15) is 40.0 Å². The first-order chi connectivity index (χ1) is 8.22. The van der Waals surface area contributed by atoms with Crippen LogP contribution in [0.5, 0.6) is 0 Å². The molecule has 0 bridgehead atoms. The summed E-state index contributed by atoms with van der Waals surface area (Å²) in [5, 5.41) is 0. The quantitative estimate of drug-likeness (QED) is 0.771. The Labute approximate surface area is 107 Å². The molecule has 18 heavy (non-hydrogen) atoms. The third kappa shape index (κ3) is 6.23. The lowest BCUT2D eigenvalue weighted by Gasteiger charge is -2.28. The number of carbonyl (C=O) groups excluding carboxylic acids is 1. The fraction of sp³-hybridized carbons (Fsp3) is 0.917. The van der Waals surface area contributed by atoms with Crippen LogP contribution in [0.4, 0.5) is 13.2 Å². The molecule has 0 aromatic heterocycles. The zero-order chi connectivity index (χ0) is 14.3. The van der Waals surface area contributed by atoms with Crippen molar-refractivity contribution in [1.29, 1.82) is 0 Å². The Hall–Kier alpha value is -0.780. The van der Waals surface area contributed by atoms with Gasteiger partial charge in [-0.1, -0.05) is 33.6 Å². The van der Waals surface area contributed by atoms with E-state index in [2.05, 4.69) is 0 Å². The minimum absolute atomic E-state index is 0.110. The highest BCUT2D eigenvalue weighted by Gasteiger charge is 2.35. The monoisotopic (exact) mass is 268 g/mol. The summed E-state index contributed by atoms with van der Waals surface area (Å²) in [7, 11) is 0. The molecule has 0 unspecified atom stereocenters. The van der Waals surface area contributed by atoms with Crippen LogP contribution >= 0.6 is 0 Å². The van der Waals surface area contributed by atoms with Gasteiger partial charge in [0, 0.05) is 6.54 Å². The van der Waals surface area contributed by atoms with Gasteiger partial charge in [-0.2, -0.15) is 13.2 Å². The molecule has 0 heterocycles. The maximum atomic E-state index is 12.4. The third-order valence-corrected chi connectivity index (χ3v) is 3.01. The zero-order valence-corrected chi connectivity index (χ0v) is 11.3. The maximum Gasteiger partial charge on any atom is 0.406 e. The Morgan fingerprint density at radius 3 is 2.28 bits per heavy atom. The summed E-state index contributed by atoms with van der Waals surface area (Å²) >= 11 is 0. The molecule has 0 fully saturated rings. The molecule has 0 rings (SSSR count). The van der Waals surface area contributed by atoms with E-state index in [0.29, 0.717) is 12.8 Å². The normalized spacial score (nSPS) is 15.3. The highest BCUT2D eigenvalue weighted by Crippen LogP contribution is 2.18. The Morgan fingerprint density at radius 1 is 1.33 bits per heavy atom. The van der Waals surface area contributed by atoms with Gasteiger partial charge in [0.05, 0.1) is 6.04 Å². The lowest BCUT2D eigenvalue weighted by molar-refractivity contribution is -0.162. The molecule has 6 heteroatoms. The van der Waals surface area contributed by atoms with Crippen molar-refractivity contribution < 1.29 is 18.0 Å². The Balaban J connectivity index is 4.68. The van der Waals surface area contributed by atoms with Crippen molar-refractivity contribution in [2.45, 2.75) is 52.3 Å². The first-order valence-corrected chi connectivity index (χ1v) is 6.34. The van der Waals surface area contributed by atoms with E-state index >= 15 is 0 Å². The summed E-state index contributed by atoms with van der Waals surface area (Å²) in [4.78, 5) is 12.8. The largest absolute Gasteiger partial charge is 0.406 e. The van der Waals surface area contributed by atoms with E-state index in [0.717, 1.165) is 11.3 Å². The molecule has 3 nitrogen and oxygen atoms in total. The number of amides is 1. The predicted molar refractivity (Wildman–Crippen MR) is 65.0 cm³/mol. The minimum atomic E-state index is -4.38. The van der Waals surface area contributed by atoms with Crippen LogP contribution in [-0.2, 0) is 4.79 Å². The molecule has 0 aromatic carbocycles. The fourth-order valence-corrected chi connectivity index (χ4v) is 1.54. The van der Waals surface area contributed by atoms with Crippen LogP contribution in [0.3, 0.4) is 0 Å². The van der Waals surface area contributed by atoms with E-state index in [9.17, 15) is 18.0 Å². The van der Waals surface area contributed by atoms with E-state index < -0.39 is 24.7 Å². The van der Waals surface area contributed by atoms with Crippen LogP contribution in [0, 0.1) is 5.92 Å². The number of alkyl halides is 3. The molecule has 108 valence electrons. The summed E-state index contributed by atoms with van der Waals surface area (Å²) in [6, 6.07) is -0.853. The van der Waals surface area contributed by atoms with Crippen molar-refractivity contribution in [2.75, 3.05) is 13.1 Å². The van der Waals surface area contributed by atoms with E-state index in [1.54, 1.807) is 6.92 Å². The number of rotatable bonds is 7. The van der Waals surface area contributed by atoms with Crippen molar-refractivity contribution in [1.82, 2.24) is 4.90 Å². The van der Waals surface area contributed by atoms with Gasteiger partial charge in [-0.25, -0.2) is 0 Å². The van der Waals surface area contributed by atoms with E-state index in [1.165, 1.54) is 0 Å². The number of hydrogen-bond donors (Lipinski definition) is 1. The van der Waals surface area contributed by atoms with Gasteiger partial charge >= 0.3 is 6.18 Å². The summed E-state index contributed by atoms with van der Waals surface area (Å²) in [6.07, 6.45) is -2.42. The Bertz CT molecular complexity index is 256. The van der Waals surface area contributed by atoms with Crippen LogP contribution in [0.25, 0.3) is 0 Å². The SMILES string of the molecule is CCCCN(CC(F)(F)F)C(=O)[C@@H](N)[C@@H](C)CC. The number of nitrogens with two attached hydrogens (primary N) is 1. The molecule has 0 aliphatic carbocycles. The topological polar surface area (TPSA) is 46.3 Å². The van der Waals surface area contributed by atoms with Crippen LogP contribution in [0.2, 0.25) is 0 Å². The lowest BCUT2D eigenvalue weighted by Crippen LogP contribution is -2.50. The molecule has 0 aliphatic rings. The van der Waals surface area contributed by atoms with Gasteiger partial charge in [-0.3, -0.25) is 4.79 Å². The van der Waals surface area contributed by atoms with Gasteiger partial charge in [0.2, 0.25) is 5.91 Å². The molecule has 0 aliphatic heterocycles. The molecule has 0 spiro atoms. The van der Waals surface area contributed by atoms with Crippen molar-refractivity contribution in [3.05, 3.63) is 0 Å². The van der Waals surface area contributed by atoms with Crippen molar-refractivity contribution in [2.24, 2.45) is 11.7 Å². The first kappa shape index (κ1) is 17.2. The molecule has 0 aromatic rings. The van der Waals surface area contributed by atoms with E-state index in [-0.39, 0.29) is 12.5 Å². The average Bonchev–Trinajstić information content (AvgIpc) is 2.30. The third-order valence-electron chi connectivity index (χ3n) is 3.01. The fourth-order valence-electron chi connectivity index (χ4n) is 1.54. The maximum absolute atomic E-state index is 12.4. The number of hydrogen-bond acceptors (Lipinski definition) is 2. The lowest BCUT2D eigenvalue weighted by atomic mass is 9.99. The van der Waals surface area contributed by atoms with Crippen molar-refractivity contribution in [3.63, 3.8) is 0 Å². The molecule has 2 N–H and O–H groups in total. The standard InChI is InChI=1S/C12H23F3N2O/c1-4-6-7-17(8-12(13,14)15)11(18)10(16)9(3)5-2/h9-10H,4-8,16H2,1-3H3/t9-,10-/m0/s1. The van der Waals surface area contributed by atoms with Gasteiger partial charge in [-0.05, 0) is 12.3 Å². The number of halogens is 3. The van der Waals surface area contributed by atoms with Gasteiger partial charge in [0.1, 0.15) is 6.54 Å². The van der Waals surface area contributed by atoms with Crippen LogP contribution < -0.4 is 5.73 Å². The predicted octanol–water partition coefficient (Wildman–Crippen LogP) is 2.55. The molecule has 0 saturated heterocycles. The van der Waals surface area contributed by atoms with Gasteiger partial charge in [-0.15, -0.1) is 0 Å². The summed E-state index contributed by atoms with van der Waals surface area (Å²) in [6.45, 7) is 4.39. The summed E-state index contributed by atoms with van der Waals surface area (Å²) in [5.41, 5.74) is 5.70. The molecule has 0 saturated carbocycles. The summed E-state index contributed by atoms with van der Waals surface area (Å²) in [5.74, 6) is -0.718. The second kappa shape index (κ2) is 7.61. The first-order valence-electron chi connectivity index (χ1n) is 6.34. The smallest absolute Gasteiger partial charge is 0.332 e.